The van der Waals surface area contributed by atoms with Crippen LogP contribution >= 0.6 is 28.1 Å². The second kappa shape index (κ2) is 6.32. The first-order valence-electron chi connectivity index (χ1n) is 6.20. The van der Waals surface area contributed by atoms with Crippen LogP contribution in [0.15, 0.2) is 27.8 Å². The van der Waals surface area contributed by atoms with Crippen molar-refractivity contribution in [2.24, 2.45) is 5.10 Å². The van der Waals surface area contributed by atoms with Crippen molar-refractivity contribution in [3.63, 3.8) is 0 Å². The highest BCUT2D eigenvalue weighted by Crippen LogP contribution is 2.25. The van der Waals surface area contributed by atoms with Gasteiger partial charge in [0.25, 0.3) is 0 Å². The number of nitrogens with zero attached hydrogens (tertiary/aromatic N) is 4. The van der Waals surface area contributed by atoms with Crippen LogP contribution in [-0.2, 0) is 6.42 Å². The van der Waals surface area contributed by atoms with Gasteiger partial charge in [0, 0.05) is 25.0 Å². The molecule has 0 aliphatic rings. The van der Waals surface area contributed by atoms with Gasteiger partial charge in [0.2, 0.25) is 4.77 Å². The molecule has 7 heteroatoms. The van der Waals surface area contributed by atoms with E-state index in [2.05, 4.69) is 31.2 Å². The Morgan fingerprint density at radius 2 is 2.25 bits per heavy atom. The van der Waals surface area contributed by atoms with E-state index in [0.29, 0.717) is 4.77 Å². The Morgan fingerprint density at radius 3 is 2.85 bits per heavy atom. The molecule has 2 rings (SSSR count). The molecule has 0 radical (unpaired) electrons. The van der Waals surface area contributed by atoms with Crippen LogP contribution in [0.4, 0.5) is 5.69 Å². The van der Waals surface area contributed by atoms with Crippen LogP contribution in [0.2, 0.25) is 0 Å². The Morgan fingerprint density at radius 1 is 1.50 bits per heavy atom. The summed E-state index contributed by atoms with van der Waals surface area (Å²) >= 11 is 8.71. The monoisotopic (exact) mass is 353 g/mol. The van der Waals surface area contributed by atoms with E-state index >= 15 is 0 Å². The number of nitrogens with one attached hydrogen (secondary N) is 1. The third-order valence-corrected chi connectivity index (χ3v) is 3.71. The Hall–Kier alpha value is -1.47. The Kier molecular flexibility index (Phi) is 4.72. The fourth-order valence-corrected chi connectivity index (χ4v) is 2.71. The van der Waals surface area contributed by atoms with Gasteiger partial charge in [0.05, 0.1) is 11.9 Å². The van der Waals surface area contributed by atoms with Gasteiger partial charge in [-0.15, -0.1) is 0 Å². The largest absolute Gasteiger partial charge is 0.377 e. The molecule has 0 saturated carbocycles. The number of benzene rings is 1. The number of H-pyrrole nitrogens is 1. The molecule has 1 heterocycles. The van der Waals surface area contributed by atoms with Gasteiger partial charge in [0.1, 0.15) is 0 Å². The quantitative estimate of drug-likeness (QED) is 0.678. The molecule has 0 amide bonds. The van der Waals surface area contributed by atoms with Crippen molar-refractivity contribution in [2.75, 3.05) is 19.0 Å². The lowest BCUT2D eigenvalue weighted by Crippen LogP contribution is -2.09. The number of anilines is 1. The topological polar surface area (TPSA) is 49.2 Å². The molecule has 106 valence electrons. The molecule has 0 atom stereocenters. The van der Waals surface area contributed by atoms with Crippen LogP contribution in [0.1, 0.15) is 18.3 Å². The minimum absolute atomic E-state index is 0.502. The number of halogens is 1. The SMILES string of the molecule is CCc1n[nH]c(=S)n1/N=C\c1ccc(N(C)C)c(Br)c1. The normalized spacial score (nSPS) is 11.2. The van der Waals surface area contributed by atoms with Gasteiger partial charge < -0.3 is 4.90 Å². The van der Waals surface area contributed by atoms with Crippen molar-refractivity contribution < 1.29 is 0 Å². The van der Waals surface area contributed by atoms with Crippen molar-refractivity contribution in [1.29, 1.82) is 0 Å². The average molecular weight is 354 g/mol. The van der Waals surface area contributed by atoms with E-state index in [1.54, 1.807) is 10.9 Å². The Bertz CT molecular complexity index is 686. The summed E-state index contributed by atoms with van der Waals surface area (Å²) in [6, 6.07) is 6.08. The highest BCUT2D eigenvalue weighted by atomic mass is 79.9. The molecule has 20 heavy (non-hydrogen) atoms. The molecule has 0 fully saturated rings. The molecule has 0 bridgehead atoms. The highest BCUT2D eigenvalue weighted by Gasteiger charge is 2.03. The zero-order valence-corrected chi connectivity index (χ0v) is 14.0. The maximum Gasteiger partial charge on any atom is 0.216 e. The lowest BCUT2D eigenvalue weighted by atomic mass is 10.2. The van der Waals surface area contributed by atoms with E-state index in [9.17, 15) is 0 Å². The third-order valence-electron chi connectivity index (χ3n) is 2.81. The predicted molar refractivity (Wildman–Crippen MR) is 88.3 cm³/mol. The molecule has 1 N–H and O–H groups in total. The minimum atomic E-state index is 0.502. The van der Waals surface area contributed by atoms with E-state index < -0.39 is 0 Å². The molecule has 1 aromatic heterocycles. The van der Waals surface area contributed by atoms with Gasteiger partial charge in [-0.3, -0.25) is 5.10 Å². The second-order valence-corrected chi connectivity index (χ2v) is 5.70. The number of hydrogen-bond acceptors (Lipinski definition) is 4. The highest BCUT2D eigenvalue weighted by molar-refractivity contribution is 9.10. The van der Waals surface area contributed by atoms with E-state index in [-0.39, 0.29) is 0 Å². The fourth-order valence-electron chi connectivity index (χ4n) is 1.76. The maximum absolute atomic E-state index is 5.15. The van der Waals surface area contributed by atoms with E-state index in [1.165, 1.54) is 0 Å². The predicted octanol–water partition coefficient (Wildman–Crippen LogP) is 3.21. The summed E-state index contributed by atoms with van der Waals surface area (Å²) in [5.74, 6) is 0.815. The van der Waals surface area contributed by atoms with E-state index in [0.717, 1.165) is 28.0 Å². The fraction of sp³-hybridized carbons (Fsp3) is 0.308. The molecule has 0 saturated heterocycles. The zero-order valence-electron chi connectivity index (χ0n) is 11.6. The van der Waals surface area contributed by atoms with Crippen LogP contribution in [0.25, 0.3) is 0 Å². The van der Waals surface area contributed by atoms with Gasteiger partial charge >= 0.3 is 0 Å². The lowest BCUT2D eigenvalue weighted by Gasteiger charge is -2.14. The van der Waals surface area contributed by atoms with Gasteiger partial charge in [-0.05, 0) is 45.8 Å². The zero-order chi connectivity index (χ0) is 14.7. The summed E-state index contributed by atoms with van der Waals surface area (Å²) in [5.41, 5.74) is 2.11. The first kappa shape index (κ1) is 14.9. The first-order chi connectivity index (χ1) is 9.52. The molecular weight excluding hydrogens is 338 g/mol. The summed E-state index contributed by atoms with van der Waals surface area (Å²) in [6.45, 7) is 2.01. The molecule has 2 aromatic rings. The number of aromatic nitrogens is 3. The second-order valence-electron chi connectivity index (χ2n) is 4.46. The number of aryl methyl sites for hydroxylation is 1. The Labute approximate surface area is 131 Å². The molecule has 0 aliphatic heterocycles. The van der Waals surface area contributed by atoms with Gasteiger partial charge in [-0.1, -0.05) is 13.0 Å². The van der Waals surface area contributed by atoms with Gasteiger partial charge in [-0.2, -0.15) is 14.9 Å². The molecular formula is C13H16BrN5S. The summed E-state index contributed by atoms with van der Waals surface area (Å²) in [5, 5.41) is 11.2. The van der Waals surface area contributed by atoms with E-state index in [4.69, 9.17) is 12.2 Å². The summed E-state index contributed by atoms with van der Waals surface area (Å²) in [7, 11) is 4.01. The number of rotatable bonds is 4. The standard InChI is InChI=1S/C13H16BrN5S/c1-4-12-16-17-13(20)19(12)15-8-9-5-6-11(18(2)3)10(14)7-9/h5-8H,4H2,1-3H3,(H,17,20)/b15-8-. The third kappa shape index (κ3) is 3.16. The Balaban J connectivity index is 2.30. The van der Waals surface area contributed by atoms with Crippen LogP contribution in [0, 0.1) is 4.77 Å². The molecule has 1 aromatic carbocycles. The number of aromatic amines is 1. The smallest absolute Gasteiger partial charge is 0.216 e. The van der Waals surface area contributed by atoms with Gasteiger partial charge in [-0.25, -0.2) is 0 Å². The maximum atomic E-state index is 5.15. The van der Waals surface area contributed by atoms with Gasteiger partial charge in [0.15, 0.2) is 5.82 Å². The average Bonchev–Trinajstić information content (AvgIpc) is 2.76. The number of hydrogen-bond donors (Lipinski definition) is 1. The van der Waals surface area contributed by atoms with Crippen LogP contribution < -0.4 is 4.90 Å². The van der Waals surface area contributed by atoms with Crippen molar-refractivity contribution in [1.82, 2.24) is 14.9 Å². The summed E-state index contributed by atoms with van der Waals surface area (Å²) < 4.78 is 3.17. The molecule has 0 aliphatic carbocycles. The summed E-state index contributed by atoms with van der Waals surface area (Å²) in [4.78, 5) is 2.05. The van der Waals surface area contributed by atoms with Crippen molar-refractivity contribution in [2.45, 2.75) is 13.3 Å². The van der Waals surface area contributed by atoms with Crippen molar-refractivity contribution in [3.8, 4) is 0 Å². The molecule has 0 spiro atoms. The van der Waals surface area contributed by atoms with Crippen LogP contribution in [0.3, 0.4) is 0 Å². The molecule has 0 unspecified atom stereocenters. The molecule has 5 nitrogen and oxygen atoms in total. The minimum Gasteiger partial charge on any atom is -0.377 e. The lowest BCUT2D eigenvalue weighted by molar-refractivity contribution is 0.780. The van der Waals surface area contributed by atoms with Crippen molar-refractivity contribution >= 4 is 40.0 Å². The van der Waals surface area contributed by atoms with Crippen LogP contribution in [0.5, 0.6) is 0 Å². The first-order valence-corrected chi connectivity index (χ1v) is 7.40. The van der Waals surface area contributed by atoms with E-state index in [1.807, 2.05) is 44.1 Å². The summed E-state index contributed by atoms with van der Waals surface area (Å²) in [6.07, 6.45) is 2.54. The van der Waals surface area contributed by atoms with Crippen LogP contribution in [-0.4, -0.2) is 35.2 Å². The van der Waals surface area contributed by atoms with Crippen molar-refractivity contribution in [3.05, 3.63) is 38.8 Å².